The number of hydrogen-bond donors (Lipinski definition) is 0. The van der Waals surface area contributed by atoms with Gasteiger partial charge in [0.25, 0.3) is 11.9 Å². The molecule has 1 aliphatic rings. The van der Waals surface area contributed by atoms with Crippen LogP contribution in [0.25, 0.3) is 0 Å². The summed E-state index contributed by atoms with van der Waals surface area (Å²) in [5, 5.41) is 0.410. The number of benzene rings is 2. The predicted molar refractivity (Wildman–Crippen MR) is 114 cm³/mol. The summed E-state index contributed by atoms with van der Waals surface area (Å²) < 4.78 is 5.83. The number of amidine groups is 1. The Bertz CT molecular complexity index is 799. The molecule has 0 aliphatic carbocycles. The maximum absolute atomic E-state index is 12.6. The van der Waals surface area contributed by atoms with E-state index in [0.717, 1.165) is 38.8 Å². The SMILES string of the molecule is CCCOC(=NC(=O)c1ccccc1Cl)N1CCC(Cc2ccccc2)CC1. The summed E-state index contributed by atoms with van der Waals surface area (Å²) in [6.07, 6.45) is 4.08. The summed E-state index contributed by atoms with van der Waals surface area (Å²) in [4.78, 5) is 19.0. The van der Waals surface area contributed by atoms with Crippen LogP contribution in [-0.4, -0.2) is 36.5 Å². The summed E-state index contributed by atoms with van der Waals surface area (Å²) >= 11 is 6.14. The Kier molecular flexibility index (Phi) is 7.49. The minimum atomic E-state index is -0.358. The lowest BCUT2D eigenvalue weighted by Crippen LogP contribution is -2.40. The number of amides is 1. The Hall–Kier alpha value is -2.33. The van der Waals surface area contributed by atoms with Crippen molar-refractivity contribution in [1.29, 1.82) is 0 Å². The zero-order valence-corrected chi connectivity index (χ0v) is 17.1. The Balaban J connectivity index is 1.65. The molecule has 1 amide bonds. The van der Waals surface area contributed by atoms with Crippen LogP contribution in [0, 0.1) is 5.92 Å². The van der Waals surface area contributed by atoms with Crippen molar-refractivity contribution < 1.29 is 9.53 Å². The van der Waals surface area contributed by atoms with Gasteiger partial charge < -0.3 is 9.64 Å². The highest BCUT2D eigenvalue weighted by Gasteiger charge is 2.24. The molecule has 0 spiro atoms. The third kappa shape index (κ3) is 5.59. The molecular formula is C23H27ClN2O2. The van der Waals surface area contributed by atoms with Crippen molar-refractivity contribution in [2.24, 2.45) is 10.9 Å². The summed E-state index contributed by atoms with van der Waals surface area (Å²) in [5.41, 5.74) is 1.78. The number of carbonyl (C=O) groups excluding carboxylic acids is 1. The second kappa shape index (κ2) is 10.3. The van der Waals surface area contributed by atoms with E-state index in [1.165, 1.54) is 5.56 Å². The fourth-order valence-electron chi connectivity index (χ4n) is 3.45. The van der Waals surface area contributed by atoms with E-state index in [0.29, 0.717) is 29.1 Å². The summed E-state index contributed by atoms with van der Waals surface area (Å²) in [7, 11) is 0. The van der Waals surface area contributed by atoms with Gasteiger partial charge in [0.2, 0.25) is 0 Å². The zero-order chi connectivity index (χ0) is 19.8. The van der Waals surface area contributed by atoms with Gasteiger partial charge in [-0.05, 0) is 49.3 Å². The maximum atomic E-state index is 12.6. The van der Waals surface area contributed by atoms with E-state index < -0.39 is 0 Å². The molecule has 1 saturated heterocycles. The number of rotatable bonds is 5. The van der Waals surface area contributed by atoms with Crippen LogP contribution in [0.3, 0.4) is 0 Å². The average molecular weight is 399 g/mol. The van der Waals surface area contributed by atoms with Gasteiger partial charge in [0.1, 0.15) is 0 Å². The fraction of sp³-hybridized carbons (Fsp3) is 0.391. The number of nitrogens with zero attached hydrogens (tertiary/aromatic N) is 2. The van der Waals surface area contributed by atoms with Crippen LogP contribution < -0.4 is 0 Å². The normalized spacial score (nSPS) is 15.5. The van der Waals surface area contributed by atoms with E-state index >= 15 is 0 Å². The number of likely N-dealkylation sites (tertiary alicyclic amines) is 1. The standard InChI is InChI=1S/C23H27ClN2O2/c1-2-16-28-23(25-22(27)20-10-6-7-11-21(20)24)26-14-12-19(13-15-26)17-18-8-4-3-5-9-18/h3-11,19H,2,12-17H2,1H3. The highest BCUT2D eigenvalue weighted by atomic mass is 35.5. The first-order valence-electron chi connectivity index (χ1n) is 9.96. The van der Waals surface area contributed by atoms with Crippen molar-refractivity contribution in [3.8, 4) is 0 Å². The Morgan fingerprint density at radius 1 is 1.11 bits per heavy atom. The molecule has 0 N–H and O–H groups in total. The zero-order valence-electron chi connectivity index (χ0n) is 16.3. The molecule has 0 unspecified atom stereocenters. The Morgan fingerprint density at radius 2 is 1.79 bits per heavy atom. The van der Waals surface area contributed by atoms with Crippen molar-refractivity contribution >= 4 is 23.5 Å². The van der Waals surface area contributed by atoms with E-state index in [4.69, 9.17) is 16.3 Å². The minimum absolute atomic E-state index is 0.358. The molecule has 4 nitrogen and oxygen atoms in total. The topological polar surface area (TPSA) is 41.9 Å². The van der Waals surface area contributed by atoms with Crippen molar-refractivity contribution in [2.45, 2.75) is 32.6 Å². The van der Waals surface area contributed by atoms with Crippen molar-refractivity contribution in [1.82, 2.24) is 4.90 Å². The van der Waals surface area contributed by atoms with E-state index in [9.17, 15) is 4.79 Å². The van der Waals surface area contributed by atoms with Gasteiger partial charge in [-0.3, -0.25) is 4.79 Å². The van der Waals surface area contributed by atoms with Gasteiger partial charge in [0, 0.05) is 13.1 Å². The number of carbonyl (C=O) groups is 1. The largest absolute Gasteiger partial charge is 0.465 e. The van der Waals surface area contributed by atoms with Gasteiger partial charge in [-0.1, -0.05) is 61.0 Å². The van der Waals surface area contributed by atoms with Gasteiger partial charge in [0.15, 0.2) is 0 Å². The fourth-order valence-corrected chi connectivity index (χ4v) is 3.66. The molecule has 0 aromatic heterocycles. The highest BCUT2D eigenvalue weighted by molar-refractivity contribution is 6.34. The number of piperidine rings is 1. The van der Waals surface area contributed by atoms with Crippen molar-refractivity contribution in [2.75, 3.05) is 19.7 Å². The van der Waals surface area contributed by atoms with Crippen LogP contribution in [-0.2, 0) is 11.2 Å². The minimum Gasteiger partial charge on any atom is -0.465 e. The van der Waals surface area contributed by atoms with Crippen LogP contribution in [0.4, 0.5) is 0 Å². The van der Waals surface area contributed by atoms with Crippen LogP contribution in [0.1, 0.15) is 42.1 Å². The third-order valence-electron chi connectivity index (χ3n) is 4.99. The van der Waals surface area contributed by atoms with Crippen molar-refractivity contribution in [3.63, 3.8) is 0 Å². The monoisotopic (exact) mass is 398 g/mol. The lowest BCUT2D eigenvalue weighted by Gasteiger charge is -2.33. The molecule has 28 heavy (non-hydrogen) atoms. The second-order valence-corrected chi connectivity index (χ2v) is 7.56. The van der Waals surface area contributed by atoms with E-state index in [1.54, 1.807) is 24.3 Å². The van der Waals surface area contributed by atoms with E-state index in [-0.39, 0.29) is 5.91 Å². The van der Waals surface area contributed by atoms with Crippen LogP contribution in [0.5, 0.6) is 0 Å². The molecule has 2 aromatic carbocycles. The average Bonchev–Trinajstić information content (AvgIpc) is 2.73. The maximum Gasteiger partial charge on any atom is 0.295 e. The van der Waals surface area contributed by atoms with Gasteiger partial charge in [-0.25, -0.2) is 0 Å². The summed E-state index contributed by atoms with van der Waals surface area (Å²) in [6, 6.07) is 18.0. The van der Waals surface area contributed by atoms with Crippen LogP contribution >= 0.6 is 11.6 Å². The first-order valence-corrected chi connectivity index (χ1v) is 10.3. The molecule has 2 aromatic rings. The van der Waals surface area contributed by atoms with Gasteiger partial charge in [0.05, 0.1) is 17.2 Å². The first-order chi connectivity index (χ1) is 13.7. The summed E-state index contributed by atoms with van der Waals surface area (Å²) in [5.74, 6) is 0.286. The molecule has 1 fully saturated rings. The molecule has 1 heterocycles. The Morgan fingerprint density at radius 3 is 2.46 bits per heavy atom. The predicted octanol–water partition coefficient (Wildman–Crippen LogP) is 5.22. The smallest absolute Gasteiger partial charge is 0.295 e. The second-order valence-electron chi connectivity index (χ2n) is 7.15. The highest BCUT2D eigenvalue weighted by Crippen LogP contribution is 2.23. The van der Waals surface area contributed by atoms with Crippen molar-refractivity contribution in [3.05, 3.63) is 70.7 Å². The van der Waals surface area contributed by atoms with Crippen LogP contribution in [0.15, 0.2) is 59.6 Å². The van der Waals surface area contributed by atoms with Gasteiger partial charge >= 0.3 is 0 Å². The van der Waals surface area contributed by atoms with Gasteiger partial charge in [-0.15, -0.1) is 0 Å². The molecular weight excluding hydrogens is 372 g/mol. The molecule has 1 aliphatic heterocycles. The number of hydrogen-bond acceptors (Lipinski definition) is 2. The van der Waals surface area contributed by atoms with Gasteiger partial charge in [-0.2, -0.15) is 4.99 Å². The van der Waals surface area contributed by atoms with E-state index in [2.05, 4.69) is 40.2 Å². The molecule has 5 heteroatoms. The number of aliphatic imine (C=N–C) groups is 1. The quantitative estimate of drug-likeness (QED) is 0.512. The Labute approximate surface area is 172 Å². The third-order valence-corrected chi connectivity index (χ3v) is 5.32. The number of ether oxygens (including phenoxy) is 1. The number of halogens is 1. The molecule has 0 bridgehead atoms. The molecule has 3 rings (SSSR count). The molecule has 0 radical (unpaired) electrons. The van der Waals surface area contributed by atoms with E-state index in [1.807, 2.05) is 6.92 Å². The molecule has 0 atom stereocenters. The molecule has 148 valence electrons. The lowest BCUT2D eigenvalue weighted by molar-refractivity contribution is 0.0991. The molecule has 0 saturated carbocycles. The summed E-state index contributed by atoms with van der Waals surface area (Å²) in [6.45, 7) is 4.27. The van der Waals surface area contributed by atoms with Crippen LogP contribution in [0.2, 0.25) is 5.02 Å². The lowest BCUT2D eigenvalue weighted by atomic mass is 9.90. The first kappa shape index (κ1) is 20.4.